The molecule has 4 rings (SSSR count). The van der Waals surface area contributed by atoms with E-state index < -0.39 is 23.8 Å². The van der Waals surface area contributed by atoms with E-state index in [2.05, 4.69) is 9.69 Å². The van der Waals surface area contributed by atoms with Crippen molar-refractivity contribution in [3.63, 3.8) is 0 Å². The molecule has 0 radical (unpaired) electrons. The largest absolute Gasteiger partial charge is 0.497 e. The third kappa shape index (κ3) is 5.91. The first-order chi connectivity index (χ1) is 18.8. The fraction of sp³-hybridized carbons (Fsp3) is 0.172. The van der Waals surface area contributed by atoms with Gasteiger partial charge in [-0.05, 0) is 52.8 Å². The van der Waals surface area contributed by atoms with E-state index in [4.69, 9.17) is 16.2 Å². The zero-order chi connectivity index (χ0) is 27.9. The van der Waals surface area contributed by atoms with Gasteiger partial charge in [-0.1, -0.05) is 67.6 Å². The Morgan fingerprint density at radius 2 is 1.67 bits per heavy atom. The number of nitrogens with zero attached hydrogens (tertiary/aromatic N) is 2. The number of hydrogen-bond acceptors (Lipinski definition) is 7. The van der Waals surface area contributed by atoms with Crippen LogP contribution < -0.4 is 26.4 Å². The number of aryl methyl sites for hydroxylation is 1. The van der Waals surface area contributed by atoms with E-state index in [9.17, 15) is 14.4 Å². The summed E-state index contributed by atoms with van der Waals surface area (Å²) in [4.78, 5) is 41.5. The second-order valence-electron chi connectivity index (χ2n) is 8.67. The first-order valence-electron chi connectivity index (χ1n) is 12.3. The van der Waals surface area contributed by atoms with Crippen molar-refractivity contribution >= 4 is 40.6 Å². The zero-order valence-corrected chi connectivity index (χ0v) is 22.4. The molecule has 0 spiro atoms. The van der Waals surface area contributed by atoms with Crippen molar-refractivity contribution in [3.05, 3.63) is 106 Å². The number of amides is 3. The molecule has 3 amide bonds. The van der Waals surface area contributed by atoms with Crippen LogP contribution in [0.2, 0.25) is 0 Å². The Labute approximate surface area is 230 Å². The van der Waals surface area contributed by atoms with Gasteiger partial charge < -0.3 is 21.5 Å². The molecule has 3 aromatic carbocycles. The number of primary amides is 1. The van der Waals surface area contributed by atoms with Gasteiger partial charge in [0.25, 0.3) is 11.8 Å². The molecule has 0 saturated heterocycles. The third-order valence-electron chi connectivity index (χ3n) is 6.25. The molecule has 0 fully saturated rings. The van der Waals surface area contributed by atoms with E-state index in [1.54, 1.807) is 43.5 Å². The summed E-state index contributed by atoms with van der Waals surface area (Å²) in [6.45, 7) is 2.23. The maximum Gasteiger partial charge on any atom is 0.273 e. The van der Waals surface area contributed by atoms with Gasteiger partial charge in [0.15, 0.2) is 5.69 Å². The van der Waals surface area contributed by atoms with Gasteiger partial charge in [-0.15, -0.1) is 0 Å². The Hall–Kier alpha value is -4.70. The van der Waals surface area contributed by atoms with Gasteiger partial charge in [-0.25, -0.2) is 0 Å². The molecule has 9 nitrogen and oxygen atoms in total. The molecule has 0 bridgehead atoms. The van der Waals surface area contributed by atoms with E-state index >= 15 is 0 Å². The lowest BCUT2D eigenvalue weighted by Crippen LogP contribution is -2.44. The lowest BCUT2D eigenvalue weighted by Gasteiger charge is -2.32. The SMILES string of the molecule is CCc1ccccc1N(C(=O)c1snc(C(N)=O)c1N)[C@@H](C(=O)NCc1ccccc1)c1ccc(OC)cc1. The standard InChI is InChI=1S/C29H29N5O4S/c1-3-19-11-7-8-12-22(19)34(29(37)26-23(30)24(27(31)35)33-39-26)25(20-13-15-21(38-2)16-14-20)28(36)32-17-18-9-5-4-6-10-18/h4-16,25H,3,17,30H2,1-2H3,(H2,31,35)(H,32,36)/t25-/m1/s1. The topological polar surface area (TPSA) is 141 Å². The number of benzene rings is 3. The quantitative estimate of drug-likeness (QED) is 0.275. The van der Waals surface area contributed by atoms with E-state index in [-0.39, 0.29) is 22.8 Å². The van der Waals surface area contributed by atoms with Crippen LogP contribution in [0.1, 0.15) is 49.8 Å². The Kier molecular flexibility index (Phi) is 8.57. The lowest BCUT2D eigenvalue weighted by atomic mass is 10.00. The van der Waals surface area contributed by atoms with Gasteiger partial charge in [-0.3, -0.25) is 19.3 Å². The monoisotopic (exact) mass is 543 g/mol. The second-order valence-corrected chi connectivity index (χ2v) is 9.45. The van der Waals surface area contributed by atoms with Crippen LogP contribution >= 0.6 is 11.5 Å². The summed E-state index contributed by atoms with van der Waals surface area (Å²) < 4.78 is 9.31. The summed E-state index contributed by atoms with van der Waals surface area (Å²) in [6.07, 6.45) is 0.603. The van der Waals surface area contributed by atoms with Crippen LogP contribution in [0.3, 0.4) is 0 Å². The predicted octanol–water partition coefficient (Wildman–Crippen LogP) is 4.10. The molecule has 1 aromatic heterocycles. The van der Waals surface area contributed by atoms with Gasteiger partial charge in [0.05, 0.1) is 12.8 Å². The summed E-state index contributed by atoms with van der Waals surface area (Å²) in [5, 5.41) is 2.98. The highest BCUT2D eigenvalue weighted by atomic mass is 32.1. The minimum absolute atomic E-state index is 0.0177. The van der Waals surface area contributed by atoms with Gasteiger partial charge in [0.2, 0.25) is 5.91 Å². The number of nitrogens with two attached hydrogens (primary N) is 2. The smallest absolute Gasteiger partial charge is 0.273 e. The summed E-state index contributed by atoms with van der Waals surface area (Å²) in [7, 11) is 1.55. The fourth-order valence-corrected chi connectivity index (χ4v) is 4.98. The molecule has 200 valence electrons. The van der Waals surface area contributed by atoms with Gasteiger partial charge in [0, 0.05) is 12.2 Å². The van der Waals surface area contributed by atoms with E-state index in [0.29, 0.717) is 23.4 Å². The van der Waals surface area contributed by atoms with Crippen LogP contribution in [0.5, 0.6) is 5.75 Å². The van der Waals surface area contributed by atoms with Gasteiger partial charge >= 0.3 is 0 Å². The number of carbonyl (C=O) groups excluding carboxylic acids is 3. The third-order valence-corrected chi connectivity index (χ3v) is 7.11. The van der Waals surface area contributed by atoms with Crippen LogP contribution in [0.25, 0.3) is 0 Å². The minimum Gasteiger partial charge on any atom is -0.497 e. The molecular formula is C29H29N5O4S. The summed E-state index contributed by atoms with van der Waals surface area (Å²) in [6, 6.07) is 22.7. The molecule has 0 aliphatic heterocycles. The van der Waals surface area contributed by atoms with Crippen molar-refractivity contribution in [1.29, 1.82) is 0 Å². The molecule has 1 atom stereocenters. The molecule has 10 heteroatoms. The Bertz CT molecular complexity index is 1470. The first kappa shape index (κ1) is 27.3. The number of nitrogens with one attached hydrogen (secondary N) is 1. The fourth-order valence-electron chi connectivity index (χ4n) is 4.23. The van der Waals surface area contributed by atoms with Crippen LogP contribution in [0, 0.1) is 0 Å². The Morgan fingerprint density at radius 1 is 1.00 bits per heavy atom. The number of ether oxygens (including phenoxy) is 1. The first-order valence-corrected chi connectivity index (χ1v) is 13.0. The number of para-hydroxylation sites is 1. The van der Waals surface area contributed by atoms with Crippen LogP contribution in [-0.2, 0) is 17.8 Å². The molecule has 4 aromatic rings. The van der Waals surface area contributed by atoms with Gasteiger partial charge in [0.1, 0.15) is 16.7 Å². The van der Waals surface area contributed by atoms with Crippen molar-refractivity contribution in [2.45, 2.75) is 25.9 Å². The number of nitrogen functional groups attached to an aromatic ring is 1. The average Bonchev–Trinajstić information content (AvgIpc) is 3.36. The minimum atomic E-state index is -1.08. The normalized spacial score (nSPS) is 11.4. The van der Waals surface area contributed by atoms with E-state index in [0.717, 1.165) is 22.7 Å². The molecule has 0 unspecified atom stereocenters. The number of hydrogen-bond donors (Lipinski definition) is 3. The van der Waals surface area contributed by atoms with Crippen molar-refractivity contribution in [2.75, 3.05) is 17.7 Å². The molecular weight excluding hydrogens is 514 g/mol. The highest BCUT2D eigenvalue weighted by Gasteiger charge is 2.36. The maximum atomic E-state index is 14.2. The zero-order valence-electron chi connectivity index (χ0n) is 21.6. The molecule has 0 saturated carbocycles. The highest BCUT2D eigenvalue weighted by molar-refractivity contribution is 7.09. The molecule has 0 aliphatic carbocycles. The van der Waals surface area contributed by atoms with Crippen LogP contribution in [-0.4, -0.2) is 29.2 Å². The molecule has 1 heterocycles. The number of aromatic nitrogens is 1. The summed E-state index contributed by atoms with van der Waals surface area (Å²) in [5.41, 5.74) is 14.1. The number of anilines is 2. The highest BCUT2D eigenvalue weighted by Crippen LogP contribution is 2.35. The summed E-state index contributed by atoms with van der Waals surface area (Å²) in [5.74, 6) is -1.21. The second kappa shape index (κ2) is 12.2. The Morgan fingerprint density at radius 3 is 2.28 bits per heavy atom. The van der Waals surface area contributed by atoms with Crippen molar-refractivity contribution in [3.8, 4) is 5.75 Å². The average molecular weight is 544 g/mol. The number of methoxy groups -OCH3 is 1. The predicted molar refractivity (Wildman–Crippen MR) is 152 cm³/mol. The van der Waals surface area contributed by atoms with E-state index in [1.165, 1.54) is 4.90 Å². The Balaban J connectivity index is 1.86. The van der Waals surface area contributed by atoms with Crippen LogP contribution in [0.4, 0.5) is 11.4 Å². The van der Waals surface area contributed by atoms with Crippen LogP contribution in [0.15, 0.2) is 78.9 Å². The molecule has 0 aliphatic rings. The number of rotatable bonds is 10. The summed E-state index contributed by atoms with van der Waals surface area (Å²) >= 11 is 0.771. The molecule has 39 heavy (non-hydrogen) atoms. The van der Waals surface area contributed by atoms with Gasteiger partial charge in [-0.2, -0.15) is 4.37 Å². The van der Waals surface area contributed by atoms with Crippen molar-refractivity contribution < 1.29 is 19.1 Å². The maximum absolute atomic E-state index is 14.2. The van der Waals surface area contributed by atoms with Crippen molar-refractivity contribution in [2.24, 2.45) is 5.73 Å². The molecule has 5 N–H and O–H groups in total. The van der Waals surface area contributed by atoms with E-state index in [1.807, 2.05) is 49.4 Å². The van der Waals surface area contributed by atoms with Crippen molar-refractivity contribution in [1.82, 2.24) is 9.69 Å². The lowest BCUT2D eigenvalue weighted by molar-refractivity contribution is -0.122. The number of carbonyl (C=O) groups is 3.